The van der Waals surface area contributed by atoms with Crippen molar-refractivity contribution < 1.29 is 36.9 Å². The smallest absolute Gasteiger partial charge is 0.387 e. The van der Waals surface area contributed by atoms with Crippen molar-refractivity contribution in [3.05, 3.63) is 71.7 Å². The van der Waals surface area contributed by atoms with E-state index in [9.17, 15) is 13.6 Å². The van der Waals surface area contributed by atoms with Gasteiger partial charge < -0.3 is 28.7 Å². The van der Waals surface area contributed by atoms with Gasteiger partial charge >= 0.3 is 6.61 Å². The molecule has 3 rings (SSSR count). The number of benzene rings is 2. The maximum Gasteiger partial charge on any atom is 0.387 e. The molecule has 0 unspecified atom stereocenters. The van der Waals surface area contributed by atoms with Crippen molar-refractivity contribution in [3.63, 3.8) is 0 Å². The maximum absolute atomic E-state index is 12.5. The van der Waals surface area contributed by atoms with Crippen LogP contribution in [0.5, 0.6) is 23.0 Å². The second-order valence-electron chi connectivity index (χ2n) is 6.58. The van der Waals surface area contributed by atoms with Gasteiger partial charge in [-0.2, -0.15) is 8.78 Å². The van der Waals surface area contributed by atoms with Gasteiger partial charge in [-0.25, -0.2) is 0 Å². The Labute approximate surface area is 183 Å². The van der Waals surface area contributed by atoms with Crippen molar-refractivity contribution in [3.8, 4) is 23.0 Å². The zero-order valence-electron chi connectivity index (χ0n) is 17.6. The van der Waals surface area contributed by atoms with Gasteiger partial charge in [-0.3, -0.25) is 4.79 Å². The third kappa shape index (κ3) is 6.13. The van der Waals surface area contributed by atoms with Gasteiger partial charge in [-0.05, 0) is 48.4 Å². The Bertz CT molecular complexity index is 1040. The van der Waals surface area contributed by atoms with Crippen LogP contribution in [0, 0.1) is 0 Å². The highest BCUT2D eigenvalue weighted by atomic mass is 19.3. The van der Waals surface area contributed by atoms with Gasteiger partial charge in [0, 0.05) is 6.54 Å². The molecule has 9 heteroatoms. The van der Waals surface area contributed by atoms with Gasteiger partial charge in [0.15, 0.2) is 28.8 Å². The van der Waals surface area contributed by atoms with Crippen LogP contribution in [0.1, 0.15) is 21.9 Å². The number of halogens is 2. The van der Waals surface area contributed by atoms with Crippen molar-refractivity contribution >= 4 is 5.91 Å². The highest BCUT2D eigenvalue weighted by Gasteiger charge is 2.14. The van der Waals surface area contributed by atoms with E-state index < -0.39 is 12.5 Å². The number of methoxy groups -OCH3 is 2. The van der Waals surface area contributed by atoms with Gasteiger partial charge in [-0.15, -0.1) is 0 Å². The molecule has 2 aromatic carbocycles. The van der Waals surface area contributed by atoms with E-state index in [-0.39, 0.29) is 30.4 Å². The second-order valence-corrected chi connectivity index (χ2v) is 6.58. The Balaban J connectivity index is 1.51. The van der Waals surface area contributed by atoms with Crippen molar-refractivity contribution in [1.29, 1.82) is 0 Å². The van der Waals surface area contributed by atoms with Gasteiger partial charge in [0.25, 0.3) is 5.91 Å². The minimum atomic E-state index is -2.96. The average molecular weight is 447 g/mol. The zero-order chi connectivity index (χ0) is 22.9. The Kier molecular flexibility index (Phi) is 7.91. The van der Waals surface area contributed by atoms with Crippen LogP contribution in [-0.2, 0) is 13.0 Å². The van der Waals surface area contributed by atoms with E-state index in [1.54, 1.807) is 37.4 Å². The number of rotatable bonds is 11. The first-order valence-electron chi connectivity index (χ1n) is 9.74. The zero-order valence-corrected chi connectivity index (χ0v) is 17.6. The van der Waals surface area contributed by atoms with Crippen LogP contribution in [0.2, 0.25) is 0 Å². The largest absolute Gasteiger partial charge is 0.493 e. The lowest BCUT2D eigenvalue weighted by Crippen LogP contribution is -2.25. The Hall–Kier alpha value is -3.75. The molecule has 0 spiro atoms. The van der Waals surface area contributed by atoms with Gasteiger partial charge in [0.05, 0.1) is 14.2 Å². The van der Waals surface area contributed by atoms with Crippen LogP contribution >= 0.6 is 0 Å². The van der Waals surface area contributed by atoms with Crippen LogP contribution in [0.4, 0.5) is 8.78 Å². The van der Waals surface area contributed by atoms with Crippen LogP contribution in [0.15, 0.2) is 59.0 Å². The third-order valence-electron chi connectivity index (χ3n) is 4.47. The van der Waals surface area contributed by atoms with E-state index in [4.69, 9.17) is 18.6 Å². The summed E-state index contributed by atoms with van der Waals surface area (Å²) in [5, 5.41) is 2.73. The number of furan rings is 1. The summed E-state index contributed by atoms with van der Waals surface area (Å²) in [5.41, 5.74) is 0.701. The van der Waals surface area contributed by atoms with E-state index in [0.29, 0.717) is 29.2 Å². The molecule has 0 aliphatic heterocycles. The van der Waals surface area contributed by atoms with E-state index in [1.807, 2.05) is 12.1 Å². The lowest BCUT2D eigenvalue weighted by atomic mass is 10.1. The fourth-order valence-electron chi connectivity index (χ4n) is 2.94. The molecule has 0 aliphatic carbocycles. The van der Waals surface area contributed by atoms with E-state index >= 15 is 0 Å². The van der Waals surface area contributed by atoms with Crippen molar-refractivity contribution in [2.75, 3.05) is 20.8 Å². The molecule has 1 amide bonds. The van der Waals surface area contributed by atoms with E-state index in [0.717, 1.165) is 0 Å². The summed E-state index contributed by atoms with van der Waals surface area (Å²) in [4.78, 5) is 12.3. The molecule has 0 fully saturated rings. The Morgan fingerprint density at radius 3 is 2.41 bits per heavy atom. The molecule has 32 heavy (non-hydrogen) atoms. The predicted octanol–water partition coefficient (Wildman–Crippen LogP) is 4.45. The number of nitrogens with one attached hydrogen (secondary N) is 1. The first-order chi connectivity index (χ1) is 15.5. The Morgan fingerprint density at radius 2 is 1.69 bits per heavy atom. The summed E-state index contributed by atoms with van der Waals surface area (Å²) in [6, 6.07) is 15.1. The minimum absolute atomic E-state index is 0.0583. The molecule has 0 bridgehead atoms. The number of carbonyl (C=O) groups excluding carboxylic acids is 1. The predicted molar refractivity (Wildman–Crippen MR) is 112 cm³/mol. The monoisotopic (exact) mass is 447 g/mol. The SMILES string of the molecule is COc1ccccc1OCc1ccc(C(=O)NCCc2ccc(OC)c(OC(F)F)c2)o1. The summed E-state index contributed by atoms with van der Waals surface area (Å²) in [7, 11) is 2.92. The molecule has 0 atom stereocenters. The van der Waals surface area contributed by atoms with Crippen molar-refractivity contribution in [1.82, 2.24) is 5.32 Å². The highest BCUT2D eigenvalue weighted by Crippen LogP contribution is 2.30. The number of alkyl halides is 2. The quantitative estimate of drug-likeness (QED) is 0.468. The van der Waals surface area contributed by atoms with Crippen LogP contribution in [0.25, 0.3) is 0 Å². The lowest BCUT2D eigenvalue weighted by Gasteiger charge is -2.11. The molecule has 7 nitrogen and oxygen atoms in total. The molecule has 3 aromatic rings. The third-order valence-corrected chi connectivity index (χ3v) is 4.47. The fourth-order valence-corrected chi connectivity index (χ4v) is 2.94. The minimum Gasteiger partial charge on any atom is -0.493 e. The van der Waals surface area contributed by atoms with Gasteiger partial charge in [-0.1, -0.05) is 18.2 Å². The van der Waals surface area contributed by atoms with Crippen LogP contribution in [-0.4, -0.2) is 33.3 Å². The lowest BCUT2D eigenvalue weighted by molar-refractivity contribution is -0.0512. The standard InChI is InChI=1S/C23H23F2NO6/c1-28-17-5-3-4-6-19(17)30-14-16-8-10-20(31-16)22(27)26-12-11-15-7-9-18(29-2)21(13-15)32-23(24)25/h3-10,13,23H,11-12,14H2,1-2H3,(H,26,27). The van der Waals surface area contributed by atoms with Crippen LogP contribution in [0.3, 0.4) is 0 Å². The molecule has 0 radical (unpaired) electrons. The van der Waals surface area contributed by atoms with Crippen molar-refractivity contribution in [2.45, 2.75) is 19.6 Å². The first-order valence-corrected chi connectivity index (χ1v) is 9.74. The molecule has 1 heterocycles. The van der Waals surface area contributed by atoms with Crippen molar-refractivity contribution in [2.24, 2.45) is 0 Å². The number of carbonyl (C=O) groups is 1. The van der Waals surface area contributed by atoms with Crippen LogP contribution < -0.4 is 24.3 Å². The summed E-state index contributed by atoms with van der Waals surface area (Å²) >= 11 is 0. The maximum atomic E-state index is 12.5. The molecule has 1 aromatic heterocycles. The summed E-state index contributed by atoms with van der Waals surface area (Å²) < 4.78 is 51.0. The summed E-state index contributed by atoms with van der Waals surface area (Å²) in [6.07, 6.45) is 0.403. The molecule has 0 aliphatic rings. The normalized spacial score (nSPS) is 10.7. The second kappa shape index (κ2) is 11.0. The molecule has 170 valence electrons. The van der Waals surface area contributed by atoms with E-state index in [2.05, 4.69) is 10.1 Å². The molecule has 0 saturated carbocycles. The fraction of sp³-hybridized carbons (Fsp3) is 0.261. The van der Waals surface area contributed by atoms with E-state index in [1.165, 1.54) is 19.2 Å². The summed E-state index contributed by atoms with van der Waals surface area (Å²) in [5.74, 6) is 1.52. The average Bonchev–Trinajstić information content (AvgIpc) is 3.27. The first kappa shape index (κ1) is 22.9. The summed E-state index contributed by atoms with van der Waals surface area (Å²) in [6.45, 7) is -2.56. The Morgan fingerprint density at radius 1 is 0.969 bits per heavy atom. The molecule has 0 saturated heterocycles. The number of amides is 1. The highest BCUT2D eigenvalue weighted by molar-refractivity contribution is 5.91. The number of hydrogen-bond acceptors (Lipinski definition) is 6. The topological polar surface area (TPSA) is 79.2 Å². The van der Waals surface area contributed by atoms with Gasteiger partial charge in [0.1, 0.15) is 12.4 Å². The number of hydrogen-bond donors (Lipinski definition) is 1. The molecular weight excluding hydrogens is 424 g/mol. The molecular formula is C23H23F2NO6. The number of ether oxygens (including phenoxy) is 4. The van der Waals surface area contributed by atoms with Gasteiger partial charge in [0.2, 0.25) is 0 Å². The molecule has 1 N–H and O–H groups in total. The number of para-hydroxylation sites is 2.